The molecule has 1 rings (SSSR count). The second-order valence-corrected chi connectivity index (χ2v) is 5.15. The highest BCUT2D eigenvalue weighted by atomic mass is 19.1. The Bertz CT molecular complexity index is 478. The minimum absolute atomic E-state index is 0.176. The van der Waals surface area contributed by atoms with Gasteiger partial charge in [0.2, 0.25) is 0 Å². The van der Waals surface area contributed by atoms with E-state index in [4.69, 9.17) is 4.74 Å². The van der Waals surface area contributed by atoms with Gasteiger partial charge in [0.25, 0.3) is 0 Å². The van der Waals surface area contributed by atoms with Gasteiger partial charge in [-0.1, -0.05) is 19.4 Å². The third-order valence-corrected chi connectivity index (χ3v) is 3.43. The number of methoxy groups -OCH3 is 1. The average Bonchev–Trinajstić information content (AvgIpc) is 2.38. The predicted molar refractivity (Wildman–Crippen MR) is 75.5 cm³/mol. The SMILES string of the molecule is CCCC(C)(NC(C)c1ccc(OC)c(F)c1)C(=O)O. The number of hydrogen-bond donors (Lipinski definition) is 2. The highest BCUT2D eigenvalue weighted by molar-refractivity contribution is 5.78. The van der Waals surface area contributed by atoms with Crippen molar-refractivity contribution in [2.45, 2.75) is 45.2 Å². The average molecular weight is 283 g/mol. The van der Waals surface area contributed by atoms with Crippen LogP contribution in [0.1, 0.15) is 45.2 Å². The molecule has 4 nitrogen and oxygen atoms in total. The van der Waals surface area contributed by atoms with Crippen LogP contribution in [0.3, 0.4) is 0 Å². The van der Waals surface area contributed by atoms with Crippen LogP contribution in [0, 0.1) is 5.82 Å². The van der Waals surface area contributed by atoms with Crippen molar-refractivity contribution in [3.63, 3.8) is 0 Å². The first kappa shape index (κ1) is 16.4. The van der Waals surface area contributed by atoms with Crippen molar-refractivity contribution >= 4 is 5.97 Å². The molecule has 0 bridgehead atoms. The summed E-state index contributed by atoms with van der Waals surface area (Å²) in [6.45, 7) is 5.40. The maximum absolute atomic E-state index is 13.7. The molecule has 0 saturated carbocycles. The number of nitrogens with one attached hydrogen (secondary N) is 1. The lowest BCUT2D eigenvalue weighted by Gasteiger charge is -2.30. The lowest BCUT2D eigenvalue weighted by molar-refractivity contribution is -0.144. The molecule has 0 spiro atoms. The number of hydrogen-bond acceptors (Lipinski definition) is 3. The van der Waals surface area contributed by atoms with Gasteiger partial charge in [-0.05, 0) is 38.0 Å². The van der Waals surface area contributed by atoms with Gasteiger partial charge in [0.1, 0.15) is 5.54 Å². The van der Waals surface area contributed by atoms with E-state index >= 15 is 0 Å². The summed E-state index contributed by atoms with van der Waals surface area (Å²) in [5.74, 6) is -1.18. The third-order valence-electron chi connectivity index (χ3n) is 3.43. The van der Waals surface area contributed by atoms with Crippen molar-refractivity contribution in [1.82, 2.24) is 5.32 Å². The van der Waals surface area contributed by atoms with E-state index in [0.29, 0.717) is 12.0 Å². The first-order valence-electron chi connectivity index (χ1n) is 6.68. The van der Waals surface area contributed by atoms with Crippen molar-refractivity contribution < 1.29 is 19.0 Å². The van der Waals surface area contributed by atoms with E-state index in [9.17, 15) is 14.3 Å². The molecule has 0 fully saturated rings. The minimum Gasteiger partial charge on any atom is -0.494 e. The largest absolute Gasteiger partial charge is 0.494 e. The van der Waals surface area contributed by atoms with Crippen LogP contribution in [0.4, 0.5) is 4.39 Å². The van der Waals surface area contributed by atoms with Crippen LogP contribution in [0.5, 0.6) is 5.75 Å². The molecule has 0 saturated heterocycles. The van der Waals surface area contributed by atoms with Gasteiger partial charge in [-0.2, -0.15) is 0 Å². The van der Waals surface area contributed by atoms with Crippen LogP contribution in [0.2, 0.25) is 0 Å². The zero-order chi connectivity index (χ0) is 15.3. The molecule has 0 aliphatic heterocycles. The normalized spacial score (nSPS) is 15.4. The molecular weight excluding hydrogens is 261 g/mol. The van der Waals surface area contributed by atoms with E-state index in [1.54, 1.807) is 19.1 Å². The molecule has 112 valence electrons. The van der Waals surface area contributed by atoms with Crippen molar-refractivity contribution in [2.24, 2.45) is 0 Å². The van der Waals surface area contributed by atoms with E-state index in [0.717, 1.165) is 6.42 Å². The standard InChI is InChI=1S/C15H22FNO3/c1-5-8-15(3,14(18)19)17-10(2)11-6-7-13(20-4)12(16)9-11/h6-7,9-10,17H,5,8H2,1-4H3,(H,18,19). The zero-order valence-electron chi connectivity index (χ0n) is 12.4. The van der Waals surface area contributed by atoms with Gasteiger partial charge in [0.05, 0.1) is 7.11 Å². The summed E-state index contributed by atoms with van der Waals surface area (Å²) >= 11 is 0. The quantitative estimate of drug-likeness (QED) is 0.807. The van der Waals surface area contributed by atoms with Gasteiger partial charge in [-0.25, -0.2) is 4.39 Å². The fourth-order valence-electron chi connectivity index (χ4n) is 2.25. The number of rotatable bonds is 7. The number of benzene rings is 1. The van der Waals surface area contributed by atoms with Crippen molar-refractivity contribution in [3.8, 4) is 5.75 Å². The maximum Gasteiger partial charge on any atom is 0.323 e. The molecule has 0 amide bonds. The van der Waals surface area contributed by atoms with Gasteiger partial charge < -0.3 is 9.84 Å². The van der Waals surface area contributed by atoms with Gasteiger partial charge in [-0.3, -0.25) is 10.1 Å². The molecule has 1 aromatic carbocycles. The molecule has 0 heterocycles. The Morgan fingerprint density at radius 2 is 2.20 bits per heavy atom. The molecule has 0 aromatic heterocycles. The van der Waals surface area contributed by atoms with Gasteiger partial charge >= 0.3 is 5.97 Å². The Kier molecular flexibility index (Phi) is 5.51. The summed E-state index contributed by atoms with van der Waals surface area (Å²) in [4.78, 5) is 11.4. The van der Waals surface area contributed by atoms with Crippen LogP contribution in [0.15, 0.2) is 18.2 Å². The smallest absolute Gasteiger partial charge is 0.323 e. The van der Waals surface area contributed by atoms with Crippen LogP contribution >= 0.6 is 0 Å². The number of halogens is 1. The number of carboxylic acids is 1. The van der Waals surface area contributed by atoms with Crippen LogP contribution in [0.25, 0.3) is 0 Å². The summed E-state index contributed by atoms with van der Waals surface area (Å²) in [7, 11) is 1.41. The second kappa shape index (κ2) is 6.70. The molecule has 5 heteroatoms. The molecule has 0 aliphatic rings. The fourth-order valence-corrected chi connectivity index (χ4v) is 2.25. The Hall–Kier alpha value is -1.62. The fraction of sp³-hybridized carbons (Fsp3) is 0.533. The number of aliphatic carboxylic acids is 1. The van der Waals surface area contributed by atoms with E-state index in [2.05, 4.69) is 5.32 Å². The molecule has 0 radical (unpaired) electrons. The lowest BCUT2D eigenvalue weighted by Crippen LogP contribution is -2.50. The van der Waals surface area contributed by atoms with Gasteiger partial charge in [0.15, 0.2) is 11.6 Å². The Morgan fingerprint density at radius 1 is 1.55 bits per heavy atom. The highest BCUT2D eigenvalue weighted by Crippen LogP contribution is 2.24. The topological polar surface area (TPSA) is 58.6 Å². The van der Waals surface area contributed by atoms with Crippen molar-refractivity contribution in [2.75, 3.05) is 7.11 Å². The Morgan fingerprint density at radius 3 is 2.65 bits per heavy atom. The van der Waals surface area contributed by atoms with Crippen LogP contribution in [-0.4, -0.2) is 23.7 Å². The maximum atomic E-state index is 13.7. The molecule has 0 aliphatic carbocycles. The molecule has 2 unspecified atom stereocenters. The summed E-state index contributed by atoms with van der Waals surface area (Å²) in [6.07, 6.45) is 1.25. The molecule has 2 N–H and O–H groups in total. The molecule has 20 heavy (non-hydrogen) atoms. The number of carbonyl (C=O) groups is 1. The van der Waals surface area contributed by atoms with Gasteiger partial charge in [-0.15, -0.1) is 0 Å². The summed E-state index contributed by atoms with van der Waals surface area (Å²) in [5, 5.41) is 12.4. The van der Waals surface area contributed by atoms with Crippen LogP contribution in [-0.2, 0) is 4.79 Å². The van der Waals surface area contributed by atoms with Crippen molar-refractivity contribution in [3.05, 3.63) is 29.6 Å². The summed E-state index contributed by atoms with van der Waals surface area (Å²) < 4.78 is 18.5. The highest BCUT2D eigenvalue weighted by Gasteiger charge is 2.33. The minimum atomic E-state index is -1.02. The summed E-state index contributed by atoms with van der Waals surface area (Å²) in [5.41, 5.74) is -0.336. The van der Waals surface area contributed by atoms with Gasteiger partial charge in [0, 0.05) is 6.04 Å². The number of carboxylic acid groups (broad SMARTS) is 1. The van der Waals surface area contributed by atoms with Crippen molar-refractivity contribution in [1.29, 1.82) is 0 Å². The lowest BCUT2D eigenvalue weighted by atomic mass is 9.94. The van der Waals surface area contributed by atoms with E-state index in [1.165, 1.54) is 13.2 Å². The zero-order valence-corrected chi connectivity index (χ0v) is 12.4. The van der Waals surface area contributed by atoms with E-state index in [-0.39, 0.29) is 11.8 Å². The van der Waals surface area contributed by atoms with E-state index < -0.39 is 17.3 Å². The molecule has 1 aromatic rings. The third kappa shape index (κ3) is 3.70. The first-order valence-corrected chi connectivity index (χ1v) is 6.68. The monoisotopic (exact) mass is 283 g/mol. The number of ether oxygens (including phenoxy) is 1. The first-order chi connectivity index (χ1) is 9.34. The van der Waals surface area contributed by atoms with Crippen LogP contribution < -0.4 is 10.1 Å². The second-order valence-electron chi connectivity index (χ2n) is 5.15. The Balaban J connectivity index is 2.92. The molecular formula is C15H22FNO3. The Labute approximate surface area is 119 Å². The summed E-state index contributed by atoms with van der Waals surface area (Å²) in [6, 6.07) is 4.36. The van der Waals surface area contributed by atoms with E-state index in [1.807, 2.05) is 13.8 Å². The molecule has 2 atom stereocenters. The predicted octanol–water partition coefficient (Wildman–Crippen LogP) is 3.13.